The summed E-state index contributed by atoms with van der Waals surface area (Å²) in [5.74, 6) is -0.329. The predicted octanol–water partition coefficient (Wildman–Crippen LogP) is 3.82. The molecule has 0 saturated carbocycles. The van der Waals surface area contributed by atoms with Gasteiger partial charge in [-0.3, -0.25) is 19.8 Å². The van der Waals surface area contributed by atoms with E-state index in [-0.39, 0.29) is 23.2 Å². The molecule has 1 amide bonds. The van der Waals surface area contributed by atoms with Crippen molar-refractivity contribution >= 4 is 23.2 Å². The van der Waals surface area contributed by atoms with Crippen molar-refractivity contribution in [2.24, 2.45) is 0 Å². The monoisotopic (exact) mass is 373 g/mol. The summed E-state index contributed by atoms with van der Waals surface area (Å²) in [6.07, 6.45) is 2.25. The molecule has 0 radical (unpaired) electrons. The van der Waals surface area contributed by atoms with Gasteiger partial charge in [-0.15, -0.1) is 0 Å². The highest BCUT2D eigenvalue weighted by Gasteiger charge is 2.25. The molecule has 3 rings (SSSR count). The maximum absolute atomic E-state index is 12.5. The topological polar surface area (TPSA) is 75.5 Å². The van der Waals surface area contributed by atoms with Gasteiger partial charge in [-0.25, -0.2) is 0 Å². The summed E-state index contributed by atoms with van der Waals surface area (Å²) < 4.78 is 0. The largest absolute Gasteiger partial charge is 0.350 e. The molecule has 2 aromatic carbocycles. The van der Waals surface area contributed by atoms with Crippen molar-refractivity contribution < 1.29 is 9.72 Å². The Labute approximate surface area is 156 Å². The number of halogens is 1. The molecule has 0 aliphatic carbocycles. The summed E-state index contributed by atoms with van der Waals surface area (Å²) in [6, 6.07) is 13.4. The van der Waals surface area contributed by atoms with Gasteiger partial charge in [0.1, 0.15) is 0 Å². The molecule has 1 aliphatic heterocycles. The van der Waals surface area contributed by atoms with Gasteiger partial charge < -0.3 is 5.32 Å². The van der Waals surface area contributed by atoms with Gasteiger partial charge >= 0.3 is 0 Å². The smallest absolute Gasteiger partial charge is 0.270 e. The maximum Gasteiger partial charge on any atom is 0.270 e. The zero-order valence-corrected chi connectivity index (χ0v) is 15.0. The van der Waals surface area contributed by atoms with E-state index in [0.717, 1.165) is 31.5 Å². The molecule has 1 unspecified atom stereocenters. The fourth-order valence-corrected chi connectivity index (χ4v) is 3.55. The lowest BCUT2D eigenvalue weighted by molar-refractivity contribution is -0.384. The minimum Gasteiger partial charge on any atom is -0.350 e. The molecule has 2 aromatic rings. The zero-order chi connectivity index (χ0) is 18.5. The van der Waals surface area contributed by atoms with E-state index >= 15 is 0 Å². The van der Waals surface area contributed by atoms with Crippen LogP contribution in [0.2, 0.25) is 5.02 Å². The molecule has 1 aliphatic rings. The van der Waals surface area contributed by atoms with Crippen LogP contribution in [0.15, 0.2) is 48.5 Å². The molecule has 26 heavy (non-hydrogen) atoms. The van der Waals surface area contributed by atoms with Gasteiger partial charge in [0.25, 0.3) is 11.6 Å². The van der Waals surface area contributed by atoms with Crippen LogP contribution < -0.4 is 5.32 Å². The Balaban J connectivity index is 1.75. The first-order chi connectivity index (χ1) is 12.6. The number of hydrogen-bond acceptors (Lipinski definition) is 4. The molecular formula is C19H20ClN3O3. The minimum atomic E-state index is -0.506. The van der Waals surface area contributed by atoms with Crippen molar-refractivity contribution in [2.45, 2.75) is 18.9 Å². The fraction of sp³-hybridized carbons (Fsp3) is 0.316. The number of non-ortho nitro benzene ring substituents is 1. The first-order valence-corrected chi connectivity index (χ1v) is 8.95. The number of nitrogens with zero attached hydrogens (tertiary/aromatic N) is 2. The summed E-state index contributed by atoms with van der Waals surface area (Å²) in [5.41, 5.74) is 1.16. The Bertz CT molecular complexity index is 806. The normalized spacial score (nSPS) is 15.6. The lowest BCUT2D eigenvalue weighted by Gasteiger charge is -2.29. The molecule has 1 N–H and O–H groups in total. The van der Waals surface area contributed by atoms with Crippen molar-refractivity contribution in [1.82, 2.24) is 10.2 Å². The van der Waals surface area contributed by atoms with Crippen molar-refractivity contribution in [3.05, 3.63) is 74.8 Å². The SMILES string of the molecule is O=C(NCC(c1ccccc1Cl)N1CCCC1)c1cccc([N+](=O)[O-])c1. The molecule has 0 spiro atoms. The fourth-order valence-electron chi connectivity index (χ4n) is 3.29. The highest BCUT2D eigenvalue weighted by Crippen LogP contribution is 2.29. The summed E-state index contributed by atoms with van der Waals surface area (Å²) in [5, 5.41) is 14.5. The van der Waals surface area contributed by atoms with Gasteiger partial charge in [0, 0.05) is 29.3 Å². The van der Waals surface area contributed by atoms with Crippen LogP contribution >= 0.6 is 11.6 Å². The molecule has 7 heteroatoms. The van der Waals surface area contributed by atoms with Crippen LogP contribution in [0, 0.1) is 10.1 Å². The van der Waals surface area contributed by atoms with Crippen LogP contribution in [0.25, 0.3) is 0 Å². The van der Waals surface area contributed by atoms with Crippen LogP contribution in [0.3, 0.4) is 0 Å². The molecule has 6 nitrogen and oxygen atoms in total. The number of amides is 1. The molecule has 1 fully saturated rings. The van der Waals surface area contributed by atoms with E-state index in [9.17, 15) is 14.9 Å². The summed E-state index contributed by atoms with van der Waals surface area (Å²) >= 11 is 6.37. The first kappa shape index (κ1) is 18.4. The average molecular weight is 374 g/mol. The van der Waals surface area contributed by atoms with Crippen molar-refractivity contribution in [3.8, 4) is 0 Å². The molecule has 0 aromatic heterocycles. The second-order valence-electron chi connectivity index (χ2n) is 6.30. The minimum absolute atomic E-state index is 0.0196. The molecule has 1 atom stereocenters. The van der Waals surface area contributed by atoms with Crippen LogP contribution in [-0.2, 0) is 0 Å². The number of nitrogens with one attached hydrogen (secondary N) is 1. The summed E-state index contributed by atoms with van der Waals surface area (Å²) in [4.78, 5) is 25.2. The number of rotatable bonds is 6. The first-order valence-electron chi connectivity index (χ1n) is 8.57. The number of hydrogen-bond donors (Lipinski definition) is 1. The van der Waals surface area contributed by atoms with Crippen molar-refractivity contribution in [1.29, 1.82) is 0 Å². The van der Waals surface area contributed by atoms with E-state index in [1.165, 1.54) is 18.2 Å². The van der Waals surface area contributed by atoms with Crippen LogP contribution in [0.4, 0.5) is 5.69 Å². The Hall–Kier alpha value is -2.44. The number of benzene rings is 2. The van der Waals surface area contributed by atoms with E-state index < -0.39 is 4.92 Å². The average Bonchev–Trinajstić information content (AvgIpc) is 3.17. The van der Waals surface area contributed by atoms with Crippen molar-refractivity contribution in [3.63, 3.8) is 0 Å². The van der Waals surface area contributed by atoms with E-state index in [1.54, 1.807) is 6.07 Å². The lowest BCUT2D eigenvalue weighted by Crippen LogP contribution is -2.37. The quantitative estimate of drug-likeness (QED) is 0.617. The summed E-state index contributed by atoms with van der Waals surface area (Å²) in [6.45, 7) is 2.32. The Morgan fingerprint density at radius 1 is 1.19 bits per heavy atom. The second kappa shape index (κ2) is 8.29. The van der Waals surface area contributed by atoms with Crippen LogP contribution in [0.5, 0.6) is 0 Å². The van der Waals surface area contributed by atoms with E-state index in [4.69, 9.17) is 11.6 Å². The number of likely N-dealkylation sites (tertiary alicyclic amines) is 1. The van der Waals surface area contributed by atoms with Gasteiger partial charge in [-0.2, -0.15) is 0 Å². The van der Waals surface area contributed by atoms with E-state index in [2.05, 4.69) is 10.2 Å². The standard InChI is InChI=1S/C19H20ClN3O3/c20-17-9-2-1-8-16(17)18(22-10-3-4-11-22)13-21-19(24)14-6-5-7-15(12-14)23(25)26/h1-2,5-9,12,18H,3-4,10-11,13H2,(H,21,24). The van der Waals surface area contributed by atoms with Gasteiger partial charge in [0.2, 0.25) is 0 Å². The lowest BCUT2D eigenvalue weighted by atomic mass is 10.0. The molecular weight excluding hydrogens is 354 g/mol. The third-order valence-corrected chi connectivity index (χ3v) is 4.96. The zero-order valence-electron chi connectivity index (χ0n) is 14.2. The third kappa shape index (κ3) is 4.20. The van der Waals surface area contributed by atoms with Gasteiger partial charge in [0.15, 0.2) is 0 Å². The van der Waals surface area contributed by atoms with Crippen LogP contribution in [0.1, 0.15) is 34.8 Å². The Morgan fingerprint density at radius 3 is 2.62 bits per heavy atom. The number of carbonyl (C=O) groups excluding carboxylic acids is 1. The van der Waals surface area contributed by atoms with Crippen molar-refractivity contribution in [2.75, 3.05) is 19.6 Å². The molecule has 1 saturated heterocycles. The Morgan fingerprint density at radius 2 is 1.92 bits per heavy atom. The Kier molecular flexibility index (Phi) is 5.85. The van der Waals surface area contributed by atoms with Gasteiger partial charge in [-0.05, 0) is 43.6 Å². The highest BCUT2D eigenvalue weighted by molar-refractivity contribution is 6.31. The molecule has 136 valence electrons. The third-order valence-electron chi connectivity index (χ3n) is 4.62. The van der Waals surface area contributed by atoms with Gasteiger partial charge in [0.05, 0.1) is 11.0 Å². The maximum atomic E-state index is 12.5. The van der Waals surface area contributed by atoms with Gasteiger partial charge in [-0.1, -0.05) is 35.9 Å². The molecule has 1 heterocycles. The molecule has 0 bridgehead atoms. The number of nitro benzene ring substituents is 1. The predicted molar refractivity (Wildman–Crippen MR) is 100 cm³/mol. The second-order valence-corrected chi connectivity index (χ2v) is 6.71. The number of carbonyl (C=O) groups is 1. The van der Waals surface area contributed by atoms with Crippen LogP contribution in [-0.4, -0.2) is 35.4 Å². The highest BCUT2D eigenvalue weighted by atomic mass is 35.5. The summed E-state index contributed by atoms with van der Waals surface area (Å²) in [7, 11) is 0. The van der Waals surface area contributed by atoms with E-state index in [1.807, 2.05) is 24.3 Å². The number of nitro groups is 1. The van der Waals surface area contributed by atoms with E-state index in [0.29, 0.717) is 11.6 Å².